The van der Waals surface area contributed by atoms with E-state index in [0.29, 0.717) is 6.54 Å². The maximum atomic E-state index is 11.1. The summed E-state index contributed by atoms with van der Waals surface area (Å²) in [5.41, 5.74) is 0. The van der Waals surface area contributed by atoms with Crippen LogP contribution in [0.5, 0.6) is 0 Å². The molecule has 0 aliphatic rings. The smallest absolute Gasteiger partial charge is 0.259 e. The molecular formula is C10H22N2O2. The third kappa shape index (κ3) is 6.86. The molecule has 0 atom stereocenters. The molecule has 0 saturated carbocycles. The summed E-state index contributed by atoms with van der Waals surface area (Å²) < 4.78 is 0. The summed E-state index contributed by atoms with van der Waals surface area (Å²) >= 11 is 0. The predicted octanol–water partition coefficient (Wildman–Crippen LogP) is 1.39. The fraction of sp³-hybridized carbons (Fsp3) is 0.900. The van der Waals surface area contributed by atoms with E-state index in [-0.39, 0.29) is 12.5 Å². The zero-order chi connectivity index (χ0) is 10.8. The average molecular weight is 202 g/mol. The molecule has 0 saturated heterocycles. The molecule has 0 radical (unpaired) electrons. The van der Waals surface area contributed by atoms with Crippen LogP contribution in [0.15, 0.2) is 0 Å². The number of nitrogens with one attached hydrogen (secondary N) is 1. The fourth-order valence-electron chi connectivity index (χ4n) is 1.23. The highest BCUT2D eigenvalue weighted by atomic mass is 16.5. The molecule has 0 aromatic heterocycles. The maximum absolute atomic E-state index is 11.1. The van der Waals surface area contributed by atoms with Crippen molar-refractivity contribution in [1.29, 1.82) is 0 Å². The van der Waals surface area contributed by atoms with Crippen molar-refractivity contribution < 1.29 is 10.0 Å². The average Bonchev–Trinajstić information content (AvgIpc) is 2.17. The van der Waals surface area contributed by atoms with Crippen molar-refractivity contribution in [3.05, 3.63) is 0 Å². The second kappa shape index (κ2) is 8.97. The van der Waals surface area contributed by atoms with E-state index in [0.717, 1.165) is 17.9 Å². The molecule has 0 bridgehead atoms. The third-order valence-corrected chi connectivity index (χ3v) is 2.09. The van der Waals surface area contributed by atoms with Gasteiger partial charge in [-0.05, 0) is 13.5 Å². The first-order valence-electron chi connectivity index (χ1n) is 5.36. The summed E-state index contributed by atoms with van der Waals surface area (Å²) in [4.78, 5) is 11.1. The van der Waals surface area contributed by atoms with Gasteiger partial charge in [-0.1, -0.05) is 32.6 Å². The van der Waals surface area contributed by atoms with Crippen molar-refractivity contribution in [1.82, 2.24) is 10.4 Å². The molecule has 14 heavy (non-hydrogen) atoms. The van der Waals surface area contributed by atoms with Gasteiger partial charge in [0, 0.05) is 6.54 Å². The van der Waals surface area contributed by atoms with Gasteiger partial charge in [0.1, 0.15) is 0 Å². The number of carbonyl (C=O) groups is 1. The van der Waals surface area contributed by atoms with Crippen LogP contribution in [0.3, 0.4) is 0 Å². The number of hydrogen-bond donors (Lipinski definition) is 2. The fourth-order valence-corrected chi connectivity index (χ4v) is 1.23. The SMILES string of the molecule is CCCCCCCN(O)C(=O)CNC. The van der Waals surface area contributed by atoms with Gasteiger partial charge < -0.3 is 5.32 Å². The lowest BCUT2D eigenvalue weighted by Crippen LogP contribution is -2.35. The summed E-state index contributed by atoms with van der Waals surface area (Å²) in [6.07, 6.45) is 5.59. The van der Waals surface area contributed by atoms with Crippen LogP contribution in [0.25, 0.3) is 0 Å². The molecule has 0 aliphatic carbocycles. The van der Waals surface area contributed by atoms with Crippen molar-refractivity contribution in [2.75, 3.05) is 20.1 Å². The number of amides is 1. The van der Waals surface area contributed by atoms with Crippen LogP contribution in [-0.2, 0) is 4.79 Å². The Morgan fingerprint density at radius 2 is 1.93 bits per heavy atom. The molecular weight excluding hydrogens is 180 g/mol. The molecule has 0 aromatic carbocycles. The van der Waals surface area contributed by atoms with Crippen LogP contribution >= 0.6 is 0 Å². The first-order valence-corrected chi connectivity index (χ1v) is 5.36. The predicted molar refractivity (Wildman–Crippen MR) is 56.2 cm³/mol. The highest BCUT2D eigenvalue weighted by Crippen LogP contribution is 2.02. The third-order valence-electron chi connectivity index (χ3n) is 2.09. The Balaban J connectivity index is 3.34. The summed E-state index contributed by atoms with van der Waals surface area (Å²) in [5.74, 6) is -0.261. The Morgan fingerprint density at radius 1 is 1.29 bits per heavy atom. The van der Waals surface area contributed by atoms with E-state index in [1.807, 2.05) is 0 Å². The van der Waals surface area contributed by atoms with Crippen LogP contribution in [-0.4, -0.2) is 36.3 Å². The van der Waals surface area contributed by atoms with E-state index < -0.39 is 0 Å². The zero-order valence-corrected chi connectivity index (χ0v) is 9.25. The van der Waals surface area contributed by atoms with Gasteiger partial charge in [-0.3, -0.25) is 10.0 Å². The minimum absolute atomic E-state index is 0.200. The molecule has 0 fully saturated rings. The van der Waals surface area contributed by atoms with E-state index in [4.69, 9.17) is 0 Å². The van der Waals surface area contributed by atoms with E-state index in [1.165, 1.54) is 19.3 Å². The highest BCUT2D eigenvalue weighted by molar-refractivity contribution is 5.76. The van der Waals surface area contributed by atoms with Gasteiger partial charge in [-0.2, -0.15) is 0 Å². The Labute approximate surface area is 86.2 Å². The molecule has 0 heterocycles. The van der Waals surface area contributed by atoms with Crippen molar-refractivity contribution in [2.45, 2.75) is 39.0 Å². The normalized spacial score (nSPS) is 10.2. The van der Waals surface area contributed by atoms with Crippen LogP contribution in [0.4, 0.5) is 0 Å². The van der Waals surface area contributed by atoms with Gasteiger partial charge in [0.25, 0.3) is 5.91 Å². The Hall–Kier alpha value is -0.610. The summed E-state index contributed by atoms with van der Waals surface area (Å²) in [6.45, 7) is 2.81. The van der Waals surface area contributed by atoms with Crippen LogP contribution < -0.4 is 5.32 Å². The van der Waals surface area contributed by atoms with Gasteiger partial charge in [-0.25, -0.2) is 5.06 Å². The maximum Gasteiger partial charge on any atom is 0.259 e. The largest absolute Gasteiger partial charge is 0.311 e. The van der Waals surface area contributed by atoms with Gasteiger partial charge in [0.15, 0.2) is 0 Å². The first-order chi connectivity index (χ1) is 6.72. The monoisotopic (exact) mass is 202 g/mol. The summed E-state index contributed by atoms with van der Waals surface area (Å²) in [5, 5.41) is 12.8. The lowest BCUT2D eigenvalue weighted by Gasteiger charge is -2.14. The number of likely N-dealkylation sites (N-methyl/N-ethyl adjacent to an activating group) is 1. The number of rotatable bonds is 8. The van der Waals surface area contributed by atoms with Crippen molar-refractivity contribution in [3.63, 3.8) is 0 Å². The van der Waals surface area contributed by atoms with E-state index >= 15 is 0 Å². The quantitative estimate of drug-likeness (QED) is 0.355. The van der Waals surface area contributed by atoms with Gasteiger partial charge in [-0.15, -0.1) is 0 Å². The number of hydroxylamine groups is 2. The van der Waals surface area contributed by atoms with Gasteiger partial charge >= 0.3 is 0 Å². The number of unbranched alkanes of at least 4 members (excludes halogenated alkanes) is 4. The minimum atomic E-state index is -0.261. The molecule has 0 aliphatic heterocycles. The molecule has 0 aromatic rings. The molecule has 0 unspecified atom stereocenters. The van der Waals surface area contributed by atoms with Crippen LogP contribution in [0, 0.1) is 0 Å². The van der Waals surface area contributed by atoms with E-state index in [1.54, 1.807) is 7.05 Å². The van der Waals surface area contributed by atoms with Crippen LogP contribution in [0.1, 0.15) is 39.0 Å². The van der Waals surface area contributed by atoms with Gasteiger partial charge in [0.2, 0.25) is 0 Å². The highest BCUT2D eigenvalue weighted by Gasteiger charge is 2.07. The van der Waals surface area contributed by atoms with Crippen LogP contribution in [0.2, 0.25) is 0 Å². The van der Waals surface area contributed by atoms with E-state index in [9.17, 15) is 10.0 Å². The first kappa shape index (κ1) is 13.4. The molecule has 1 amide bonds. The molecule has 0 spiro atoms. The van der Waals surface area contributed by atoms with Crippen molar-refractivity contribution in [2.24, 2.45) is 0 Å². The lowest BCUT2D eigenvalue weighted by atomic mass is 10.1. The summed E-state index contributed by atoms with van der Waals surface area (Å²) in [6, 6.07) is 0. The minimum Gasteiger partial charge on any atom is -0.311 e. The van der Waals surface area contributed by atoms with E-state index in [2.05, 4.69) is 12.2 Å². The molecule has 4 nitrogen and oxygen atoms in total. The Morgan fingerprint density at radius 3 is 2.50 bits per heavy atom. The molecule has 0 rings (SSSR count). The Kier molecular flexibility index (Phi) is 8.57. The second-order valence-electron chi connectivity index (χ2n) is 3.46. The molecule has 4 heteroatoms. The number of hydrogen-bond acceptors (Lipinski definition) is 3. The molecule has 84 valence electrons. The topological polar surface area (TPSA) is 52.6 Å². The van der Waals surface area contributed by atoms with Crippen molar-refractivity contribution >= 4 is 5.91 Å². The lowest BCUT2D eigenvalue weighted by molar-refractivity contribution is -0.164. The molecule has 2 N–H and O–H groups in total. The second-order valence-corrected chi connectivity index (χ2v) is 3.46. The van der Waals surface area contributed by atoms with Crippen molar-refractivity contribution in [3.8, 4) is 0 Å². The standard InChI is InChI=1S/C10H22N2O2/c1-3-4-5-6-7-8-12(14)10(13)9-11-2/h11,14H,3-9H2,1-2H3. The number of nitrogens with zero attached hydrogens (tertiary/aromatic N) is 1. The van der Waals surface area contributed by atoms with Gasteiger partial charge in [0.05, 0.1) is 6.54 Å². The Bertz CT molecular complexity index is 151. The summed E-state index contributed by atoms with van der Waals surface area (Å²) in [7, 11) is 1.69. The number of carbonyl (C=O) groups excluding carboxylic acids is 1. The zero-order valence-electron chi connectivity index (χ0n) is 9.25.